The van der Waals surface area contributed by atoms with E-state index in [0.29, 0.717) is 24.0 Å². The standard InChI is InChI=1S/C22H30N4O/c1-3-4-12-23-22(27)20-16-21(25-17(2)24-20)26-13-10-19(11-14-26)15-18-8-6-5-7-9-18/h5-9,16,19H,3-4,10-15H2,1-2H3,(H,23,27). The van der Waals surface area contributed by atoms with Crippen molar-refractivity contribution in [3.8, 4) is 0 Å². The minimum atomic E-state index is -0.103. The number of piperidine rings is 1. The van der Waals surface area contributed by atoms with Crippen LogP contribution in [0.25, 0.3) is 0 Å². The zero-order valence-corrected chi connectivity index (χ0v) is 16.4. The molecule has 2 aromatic rings. The molecular weight excluding hydrogens is 336 g/mol. The van der Waals surface area contributed by atoms with Crippen molar-refractivity contribution < 1.29 is 4.79 Å². The van der Waals surface area contributed by atoms with Gasteiger partial charge in [0.25, 0.3) is 5.91 Å². The average Bonchev–Trinajstić information content (AvgIpc) is 2.69. The number of rotatable bonds is 7. The van der Waals surface area contributed by atoms with Crippen molar-refractivity contribution in [1.82, 2.24) is 15.3 Å². The largest absolute Gasteiger partial charge is 0.356 e. The number of aryl methyl sites for hydroxylation is 1. The summed E-state index contributed by atoms with van der Waals surface area (Å²) in [4.78, 5) is 23.5. The molecule has 144 valence electrons. The number of benzene rings is 1. The molecule has 0 aliphatic carbocycles. The fourth-order valence-corrected chi connectivity index (χ4v) is 3.61. The van der Waals surface area contributed by atoms with Crippen LogP contribution < -0.4 is 10.2 Å². The van der Waals surface area contributed by atoms with Gasteiger partial charge in [-0.3, -0.25) is 4.79 Å². The molecule has 1 aliphatic rings. The summed E-state index contributed by atoms with van der Waals surface area (Å²) >= 11 is 0. The van der Waals surface area contributed by atoms with Gasteiger partial charge in [0, 0.05) is 25.7 Å². The summed E-state index contributed by atoms with van der Waals surface area (Å²) in [5.41, 5.74) is 1.89. The number of hydrogen-bond acceptors (Lipinski definition) is 4. The first-order valence-electron chi connectivity index (χ1n) is 10.1. The van der Waals surface area contributed by atoms with Gasteiger partial charge in [0.05, 0.1) is 0 Å². The summed E-state index contributed by atoms with van der Waals surface area (Å²) in [7, 11) is 0. The summed E-state index contributed by atoms with van der Waals surface area (Å²) in [6.45, 7) is 6.61. The second-order valence-corrected chi connectivity index (χ2v) is 7.39. The Hall–Kier alpha value is -2.43. The molecule has 0 atom stereocenters. The first-order valence-corrected chi connectivity index (χ1v) is 10.1. The number of nitrogens with zero attached hydrogens (tertiary/aromatic N) is 3. The third kappa shape index (κ3) is 5.52. The zero-order valence-electron chi connectivity index (χ0n) is 16.4. The lowest BCUT2D eigenvalue weighted by molar-refractivity contribution is 0.0947. The van der Waals surface area contributed by atoms with Crippen LogP contribution in [0.15, 0.2) is 36.4 Å². The van der Waals surface area contributed by atoms with Crippen LogP contribution in [0.1, 0.15) is 54.5 Å². The van der Waals surface area contributed by atoms with Gasteiger partial charge < -0.3 is 10.2 Å². The van der Waals surface area contributed by atoms with Crippen LogP contribution in [0.4, 0.5) is 5.82 Å². The van der Waals surface area contributed by atoms with Crippen molar-refractivity contribution in [2.24, 2.45) is 5.92 Å². The summed E-state index contributed by atoms with van der Waals surface area (Å²) in [6, 6.07) is 12.6. The number of amides is 1. The number of hydrogen-bond donors (Lipinski definition) is 1. The molecule has 0 spiro atoms. The predicted octanol–water partition coefficient (Wildman–Crippen LogP) is 3.77. The zero-order chi connectivity index (χ0) is 19.1. The van der Waals surface area contributed by atoms with Crippen molar-refractivity contribution in [2.75, 3.05) is 24.5 Å². The first kappa shape index (κ1) is 19.3. The smallest absolute Gasteiger partial charge is 0.270 e. The van der Waals surface area contributed by atoms with Crippen molar-refractivity contribution in [3.05, 3.63) is 53.5 Å². The van der Waals surface area contributed by atoms with E-state index in [4.69, 9.17) is 0 Å². The van der Waals surface area contributed by atoms with E-state index in [2.05, 4.69) is 57.4 Å². The van der Waals surface area contributed by atoms with Crippen molar-refractivity contribution >= 4 is 11.7 Å². The van der Waals surface area contributed by atoms with Gasteiger partial charge in [-0.2, -0.15) is 0 Å². The molecule has 1 aromatic heterocycles. The van der Waals surface area contributed by atoms with Crippen LogP contribution in [0, 0.1) is 12.8 Å². The molecule has 3 rings (SSSR count). The maximum atomic E-state index is 12.3. The number of aromatic nitrogens is 2. The van der Waals surface area contributed by atoms with Crippen LogP contribution in [0.5, 0.6) is 0 Å². The molecule has 1 N–H and O–H groups in total. The van der Waals surface area contributed by atoms with Crippen LogP contribution in [0.2, 0.25) is 0 Å². The first-order chi connectivity index (χ1) is 13.2. The lowest BCUT2D eigenvalue weighted by atomic mass is 9.90. The molecule has 0 unspecified atom stereocenters. The van der Waals surface area contributed by atoms with Gasteiger partial charge in [0.2, 0.25) is 0 Å². The SMILES string of the molecule is CCCCNC(=O)c1cc(N2CCC(Cc3ccccc3)CC2)nc(C)n1. The van der Waals surface area contributed by atoms with Gasteiger partial charge in [-0.25, -0.2) is 9.97 Å². The normalized spacial score (nSPS) is 15.0. The van der Waals surface area contributed by atoms with Gasteiger partial charge in [-0.15, -0.1) is 0 Å². The maximum absolute atomic E-state index is 12.3. The molecule has 5 nitrogen and oxygen atoms in total. The van der Waals surface area contributed by atoms with Crippen LogP contribution >= 0.6 is 0 Å². The Labute approximate surface area is 162 Å². The van der Waals surface area contributed by atoms with E-state index in [-0.39, 0.29) is 5.91 Å². The number of anilines is 1. The van der Waals surface area contributed by atoms with Gasteiger partial charge in [-0.05, 0) is 44.1 Å². The highest BCUT2D eigenvalue weighted by Crippen LogP contribution is 2.25. The third-order valence-electron chi connectivity index (χ3n) is 5.18. The lowest BCUT2D eigenvalue weighted by Crippen LogP contribution is -2.35. The van der Waals surface area contributed by atoms with E-state index in [1.807, 2.05) is 13.0 Å². The molecule has 0 bridgehead atoms. The van der Waals surface area contributed by atoms with Crippen LogP contribution in [-0.4, -0.2) is 35.5 Å². The highest BCUT2D eigenvalue weighted by atomic mass is 16.1. The molecule has 0 saturated carbocycles. The summed E-state index contributed by atoms with van der Waals surface area (Å²) < 4.78 is 0. The molecular formula is C22H30N4O. The van der Waals surface area contributed by atoms with Gasteiger partial charge in [0.15, 0.2) is 0 Å². The molecule has 5 heteroatoms. The van der Waals surface area contributed by atoms with E-state index < -0.39 is 0 Å². The molecule has 0 radical (unpaired) electrons. The lowest BCUT2D eigenvalue weighted by Gasteiger charge is -2.33. The molecule has 1 saturated heterocycles. The second-order valence-electron chi connectivity index (χ2n) is 7.39. The quantitative estimate of drug-likeness (QED) is 0.758. The Morgan fingerprint density at radius 2 is 1.93 bits per heavy atom. The number of carbonyl (C=O) groups is 1. The Bertz CT molecular complexity index is 739. The second kappa shape index (κ2) is 9.49. The number of carbonyl (C=O) groups excluding carboxylic acids is 1. The summed E-state index contributed by atoms with van der Waals surface area (Å²) in [6.07, 6.45) is 5.48. The van der Waals surface area contributed by atoms with E-state index in [1.165, 1.54) is 5.56 Å². The van der Waals surface area contributed by atoms with Crippen molar-refractivity contribution in [1.29, 1.82) is 0 Å². The number of nitrogens with one attached hydrogen (secondary N) is 1. The number of unbranched alkanes of at least 4 members (excludes halogenated alkanes) is 1. The van der Waals surface area contributed by atoms with Gasteiger partial charge >= 0.3 is 0 Å². The molecule has 1 fully saturated rings. The summed E-state index contributed by atoms with van der Waals surface area (Å²) in [5.74, 6) is 2.14. The van der Waals surface area contributed by atoms with Crippen molar-refractivity contribution in [3.63, 3.8) is 0 Å². The minimum Gasteiger partial charge on any atom is -0.356 e. The molecule has 1 amide bonds. The average molecular weight is 367 g/mol. The van der Waals surface area contributed by atoms with Gasteiger partial charge in [0.1, 0.15) is 17.3 Å². The maximum Gasteiger partial charge on any atom is 0.270 e. The fraction of sp³-hybridized carbons (Fsp3) is 0.500. The highest BCUT2D eigenvalue weighted by molar-refractivity contribution is 5.92. The molecule has 27 heavy (non-hydrogen) atoms. The summed E-state index contributed by atoms with van der Waals surface area (Å²) in [5, 5.41) is 2.94. The predicted molar refractivity (Wildman–Crippen MR) is 109 cm³/mol. The Balaban J connectivity index is 1.59. The Kier molecular flexibility index (Phi) is 6.80. The third-order valence-corrected chi connectivity index (χ3v) is 5.18. The van der Waals surface area contributed by atoms with E-state index >= 15 is 0 Å². The Morgan fingerprint density at radius 1 is 1.19 bits per heavy atom. The van der Waals surface area contributed by atoms with Gasteiger partial charge in [-0.1, -0.05) is 43.7 Å². The van der Waals surface area contributed by atoms with E-state index in [1.54, 1.807) is 0 Å². The molecule has 1 aliphatic heterocycles. The minimum absolute atomic E-state index is 0.103. The topological polar surface area (TPSA) is 58.1 Å². The van der Waals surface area contributed by atoms with E-state index in [9.17, 15) is 4.79 Å². The monoisotopic (exact) mass is 366 g/mol. The van der Waals surface area contributed by atoms with Crippen molar-refractivity contribution in [2.45, 2.75) is 46.0 Å². The van der Waals surface area contributed by atoms with Crippen LogP contribution in [0.3, 0.4) is 0 Å². The van der Waals surface area contributed by atoms with E-state index in [0.717, 1.165) is 51.0 Å². The fourth-order valence-electron chi connectivity index (χ4n) is 3.61. The molecule has 2 heterocycles. The molecule has 1 aromatic carbocycles. The highest BCUT2D eigenvalue weighted by Gasteiger charge is 2.22. The van der Waals surface area contributed by atoms with Crippen LogP contribution in [-0.2, 0) is 6.42 Å². The Morgan fingerprint density at radius 3 is 2.63 bits per heavy atom.